The van der Waals surface area contributed by atoms with Crippen molar-refractivity contribution in [3.8, 4) is 0 Å². The van der Waals surface area contributed by atoms with Gasteiger partial charge in [0.25, 0.3) is 5.91 Å². The summed E-state index contributed by atoms with van der Waals surface area (Å²) < 4.78 is 6.12. The third kappa shape index (κ3) is 4.80. The lowest BCUT2D eigenvalue weighted by molar-refractivity contribution is 0.0472. The Hall–Kier alpha value is -2.92. The zero-order chi connectivity index (χ0) is 18.4. The van der Waals surface area contributed by atoms with Gasteiger partial charge in [0.05, 0.1) is 5.56 Å². The number of anilines is 1. The van der Waals surface area contributed by atoms with E-state index in [4.69, 9.17) is 4.74 Å². The van der Waals surface area contributed by atoms with Crippen molar-refractivity contribution >= 4 is 33.5 Å². The topological polar surface area (TPSA) is 55.4 Å². The van der Waals surface area contributed by atoms with Crippen LogP contribution in [0.1, 0.15) is 26.3 Å². The molecule has 5 heteroatoms. The van der Waals surface area contributed by atoms with Gasteiger partial charge in [-0.3, -0.25) is 4.79 Å². The van der Waals surface area contributed by atoms with Gasteiger partial charge in [-0.2, -0.15) is 0 Å². The van der Waals surface area contributed by atoms with Crippen LogP contribution in [0.25, 0.3) is 0 Å². The van der Waals surface area contributed by atoms with Gasteiger partial charge >= 0.3 is 5.97 Å². The van der Waals surface area contributed by atoms with E-state index >= 15 is 0 Å². The van der Waals surface area contributed by atoms with Crippen molar-refractivity contribution in [2.45, 2.75) is 6.61 Å². The number of carbonyl (C=O) groups is 2. The van der Waals surface area contributed by atoms with E-state index in [0.29, 0.717) is 11.1 Å². The molecule has 1 amide bonds. The van der Waals surface area contributed by atoms with E-state index in [0.717, 1.165) is 15.7 Å². The number of rotatable bonds is 5. The van der Waals surface area contributed by atoms with Crippen molar-refractivity contribution in [3.05, 3.63) is 100 Å². The molecule has 1 N–H and O–H groups in total. The maximum absolute atomic E-state index is 12.2. The summed E-state index contributed by atoms with van der Waals surface area (Å²) in [4.78, 5) is 24.2. The van der Waals surface area contributed by atoms with Crippen LogP contribution in [0.4, 0.5) is 5.69 Å². The summed E-state index contributed by atoms with van der Waals surface area (Å²) in [6.45, 7) is 0.145. The summed E-state index contributed by atoms with van der Waals surface area (Å²) in [6, 6.07) is 23.3. The Morgan fingerprint density at radius 3 is 2.27 bits per heavy atom. The lowest BCUT2D eigenvalue weighted by Gasteiger charge is -2.07. The first-order valence-electron chi connectivity index (χ1n) is 8.00. The van der Waals surface area contributed by atoms with Crippen LogP contribution in [0, 0.1) is 0 Å². The van der Waals surface area contributed by atoms with Crippen molar-refractivity contribution in [1.82, 2.24) is 0 Å². The smallest absolute Gasteiger partial charge is 0.338 e. The van der Waals surface area contributed by atoms with Crippen LogP contribution >= 0.6 is 15.9 Å². The molecule has 3 aromatic rings. The lowest BCUT2D eigenvalue weighted by Crippen LogP contribution is -2.11. The van der Waals surface area contributed by atoms with Gasteiger partial charge in [-0.1, -0.05) is 52.3 Å². The van der Waals surface area contributed by atoms with Gasteiger partial charge in [0, 0.05) is 15.7 Å². The van der Waals surface area contributed by atoms with E-state index in [1.165, 1.54) is 0 Å². The highest BCUT2D eigenvalue weighted by Gasteiger charge is 2.09. The predicted molar refractivity (Wildman–Crippen MR) is 104 cm³/mol. The van der Waals surface area contributed by atoms with Gasteiger partial charge in [-0.05, 0) is 48.0 Å². The van der Waals surface area contributed by atoms with Crippen molar-refractivity contribution in [3.63, 3.8) is 0 Å². The number of hydrogen-bond donors (Lipinski definition) is 1. The van der Waals surface area contributed by atoms with Crippen LogP contribution in [0.2, 0.25) is 0 Å². The highest BCUT2D eigenvalue weighted by molar-refractivity contribution is 9.10. The van der Waals surface area contributed by atoms with Crippen molar-refractivity contribution in [2.24, 2.45) is 0 Å². The average Bonchev–Trinajstić information content (AvgIpc) is 2.67. The maximum Gasteiger partial charge on any atom is 0.338 e. The molecule has 3 rings (SSSR count). The summed E-state index contributed by atoms with van der Waals surface area (Å²) in [5.41, 5.74) is 2.57. The number of carbonyl (C=O) groups excluding carboxylic acids is 2. The number of ether oxygens (including phenoxy) is 1. The number of esters is 1. The van der Waals surface area contributed by atoms with Crippen LogP contribution in [0.3, 0.4) is 0 Å². The van der Waals surface area contributed by atoms with Crippen LogP contribution in [-0.2, 0) is 11.3 Å². The first-order valence-corrected chi connectivity index (χ1v) is 8.79. The molecule has 0 atom stereocenters. The number of halogens is 1. The van der Waals surface area contributed by atoms with Crippen LogP contribution in [0.5, 0.6) is 0 Å². The second-order valence-electron chi connectivity index (χ2n) is 5.60. The van der Waals surface area contributed by atoms with Crippen LogP contribution < -0.4 is 5.32 Å². The zero-order valence-electron chi connectivity index (χ0n) is 13.8. The zero-order valence-corrected chi connectivity index (χ0v) is 15.4. The SMILES string of the molecule is O=C(Nc1ccccc1)c1ccc(COC(=O)c2cccc(Br)c2)cc1. The predicted octanol–water partition coefficient (Wildman–Crippen LogP) is 5.06. The molecule has 0 aliphatic heterocycles. The fraction of sp³-hybridized carbons (Fsp3) is 0.0476. The van der Waals surface area contributed by atoms with Crippen LogP contribution in [-0.4, -0.2) is 11.9 Å². The standard InChI is InChI=1S/C21H16BrNO3/c22-18-6-4-5-17(13-18)21(25)26-14-15-9-11-16(12-10-15)20(24)23-19-7-2-1-3-8-19/h1-13H,14H2,(H,23,24). The Balaban J connectivity index is 1.57. The fourth-order valence-electron chi connectivity index (χ4n) is 2.32. The summed E-state index contributed by atoms with van der Waals surface area (Å²) in [5, 5.41) is 2.83. The van der Waals surface area contributed by atoms with E-state index in [-0.39, 0.29) is 12.5 Å². The van der Waals surface area contributed by atoms with Gasteiger partial charge < -0.3 is 10.1 Å². The molecule has 0 aliphatic rings. The van der Waals surface area contributed by atoms with Gasteiger partial charge in [-0.25, -0.2) is 4.79 Å². The molecule has 0 bridgehead atoms. The molecule has 4 nitrogen and oxygen atoms in total. The number of hydrogen-bond acceptors (Lipinski definition) is 3. The first-order chi connectivity index (χ1) is 12.6. The summed E-state index contributed by atoms with van der Waals surface area (Å²) in [5.74, 6) is -0.578. The normalized spacial score (nSPS) is 10.2. The van der Waals surface area contributed by atoms with E-state index in [2.05, 4.69) is 21.2 Å². The quantitative estimate of drug-likeness (QED) is 0.599. The minimum atomic E-state index is -0.391. The Labute approximate surface area is 159 Å². The minimum Gasteiger partial charge on any atom is -0.457 e. The molecule has 0 radical (unpaired) electrons. The maximum atomic E-state index is 12.2. The fourth-order valence-corrected chi connectivity index (χ4v) is 2.72. The summed E-state index contributed by atoms with van der Waals surface area (Å²) in [7, 11) is 0. The third-order valence-electron chi connectivity index (χ3n) is 3.68. The number of benzene rings is 3. The van der Waals surface area contributed by atoms with E-state index in [9.17, 15) is 9.59 Å². The Kier molecular flexibility index (Phi) is 5.81. The van der Waals surface area contributed by atoms with Crippen molar-refractivity contribution in [1.29, 1.82) is 0 Å². The average molecular weight is 410 g/mol. The Morgan fingerprint density at radius 1 is 0.846 bits per heavy atom. The highest BCUT2D eigenvalue weighted by Crippen LogP contribution is 2.14. The number of amides is 1. The monoisotopic (exact) mass is 409 g/mol. The van der Waals surface area contributed by atoms with E-state index in [1.807, 2.05) is 36.4 Å². The van der Waals surface area contributed by atoms with Crippen molar-refractivity contribution in [2.75, 3.05) is 5.32 Å². The first kappa shape index (κ1) is 17.9. The lowest BCUT2D eigenvalue weighted by atomic mass is 10.1. The van der Waals surface area contributed by atoms with Gasteiger partial charge in [-0.15, -0.1) is 0 Å². The summed E-state index contributed by atoms with van der Waals surface area (Å²) >= 11 is 3.33. The molecule has 0 fully saturated rings. The molecule has 130 valence electrons. The molecule has 0 aromatic heterocycles. The molecule has 0 unspecified atom stereocenters. The Bertz CT molecular complexity index is 908. The van der Waals surface area contributed by atoms with Gasteiger partial charge in [0.15, 0.2) is 0 Å². The summed E-state index contributed by atoms with van der Waals surface area (Å²) in [6.07, 6.45) is 0. The number of para-hydroxylation sites is 1. The second kappa shape index (κ2) is 8.45. The molecular weight excluding hydrogens is 394 g/mol. The third-order valence-corrected chi connectivity index (χ3v) is 4.17. The molecule has 0 heterocycles. The van der Waals surface area contributed by atoms with Gasteiger partial charge in [0.1, 0.15) is 6.61 Å². The highest BCUT2D eigenvalue weighted by atomic mass is 79.9. The molecular formula is C21H16BrNO3. The molecule has 0 saturated heterocycles. The molecule has 26 heavy (non-hydrogen) atoms. The largest absolute Gasteiger partial charge is 0.457 e. The van der Waals surface area contributed by atoms with Gasteiger partial charge in [0.2, 0.25) is 0 Å². The van der Waals surface area contributed by atoms with Crippen molar-refractivity contribution < 1.29 is 14.3 Å². The molecule has 3 aromatic carbocycles. The Morgan fingerprint density at radius 2 is 1.58 bits per heavy atom. The molecule has 0 spiro atoms. The molecule has 0 saturated carbocycles. The van der Waals surface area contributed by atoms with Crippen LogP contribution in [0.15, 0.2) is 83.3 Å². The van der Waals surface area contributed by atoms with E-state index < -0.39 is 5.97 Å². The van der Waals surface area contributed by atoms with E-state index in [1.54, 1.807) is 42.5 Å². The minimum absolute atomic E-state index is 0.145. The number of nitrogens with one attached hydrogen (secondary N) is 1. The molecule has 0 aliphatic carbocycles. The second-order valence-corrected chi connectivity index (χ2v) is 6.52.